The smallest absolute Gasteiger partial charge is 0.325 e. The number of benzene rings is 3. The third-order valence-electron chi connectivity index (χ3n) is 5.29. The predicted molar refractivity (Wildman–Crippen MR) is 111 cm³/mol. The number of halogens is 1. The van der Waals surface area contributed by atoms with Crippen molar-refractivity contribution < 1.29 is 23.5 Å². The lowest BCUT2D eigenvalue weighted by molar-refractivity contribution is -0.129. The monoisotopic (exact) mass is 418 g/mol. The van der Waals surface area contributed by atoms with E-state index in [0.717, 1.165) is 11.0 Å². The van der Waals surface area contributed by atoms with E-state index >= 15 is 0 Å². The van der Waals surface area contributed by atoms with Gasteiger partial charge in [-0.3, -0.25) is 14.5 Å². The molecule has 1 heterocycles. The molecule has 1 aliphatic heterocycles. The van der Waals surface area contributed by atoms with Gasteiger partial charge in [-0.15, -0.1) is 0 Å². The van der Waals surface area contributed by atoms with Crippen molar-refractivity contribution >= 4 is 17.7 Å². The Labute approximate surface area is 178 Å². The Morgan fingerprint density at radius 2 is 1.55 bits per heavy atom. The number of amides is 3. The summed E-state index contributed by atoms with van der Waals surface area (Å²) in [5.41, 5.74) is -0.267. The van der Waals surface area contributed by atoms with Crippen LogP contribution < -0.4 is 10.1 Å². The van der Waals surface area contributed by atoms with Gasteiger partial charge < -0.3 is 10.1 Å². The molecule has 0 aromatic heterocycles. The van der Waals surface area contributed by atoms with Crippen molar-refractivity contribution in [3.05, 3.63) is 101 Å². The van der Waals surface area contributed by atoms with E-state index in [1.54, 1.807) is 48.5 Å². The standard InChI is InChI=1S/C24H19FN2O4/c1-31-21-13-12-16(14-19(21)25)20(28)15-27-22(29)24(26-23(27)30,17-8-4-2-5-9-17)18-10-6-3-7-11-18/h2-14H,15H2,1H3,(H,26,30). The molecule has 0 spiro atoms. The van der Waals surface area contributed by atoms with E-state index in [4.69, 9.17) is 4.74 Å². The van der Waals surface area contributed by atoms with E-state index in [1.807, 2.05) is 12.1 Å². The van der Waals surface area contributed by atoms with E-state index in [0.29, 0.717) is 11.1 Å². The zero-order valence-electron chi connectivity index (χ0n) is 16.7. The molecule has 1 N–H and O–H groups in total. The highest BCUT2D eigenvalue weighted by molar-refractivity contribution is 6.13. The van der Waals surface area contributed by atoms with Crippen LogP contribution in [0.25, 0.3) is 0 Å². The maximum absolute atomic E-state index is 14.0. The molecule has 0 atom stereocenters. The molecule has 0 aliphatic carbocycles. The maximum atomic E-state index is 14.0. The Morgan fingerprint density at radius 3 is 2.06 bits per heavy atom. The van der Waals surface area contributed by atoms with Gasteiger partial charge >= 0.3 is 6.03 Å². The molecule has 156 valence electrons. The van der Waals surface area contributed by atoms with Crippen LogP contribution >= 0.6 is 0 Å². The first-order valence-corrected chi connectivity index (χ1v) is 9.59. The van der Waals surface area contributed by atoms with Crippen molar-refractivity contribution in [1.82, 2.24) is 10.2 Å². The van der Waals surface area contributed by atoms with E-state index in [1.165, 1.54) is 19.2 Å². The molecule has 6 nitrogen and oxygen atoms in total. The Balaban J connectivity index is 1.70. The molecule has 31 heavy (non-hydrogen) atoms. The molecule has 7 heteroatoms. The molecule has 3 amide bonds. The van der Waals surface area contributed by atoms with E-state index < -0.39 is 35.6 Å². The van der Waals surface area contributed by atoms with Crippen LogP contribution in [0.2, 0.25) is 0 Å². The highest BCUT2D eigenvalue weighted by Gasteiger charge is 2.54. The van der Waals surface area contributed by atoms with Gasteiger partial charge in [0.1, 0.15) is 0 Å². The Hall–Kier alpha value is -4.00. The maximum Gasteiger partial charge on any atom is 0.325 e. The average Bonchev–Trinajstić information content (AvgIpc) is 3.05. The molecule has 1 saturated heterocycles. The number of ether oxygens (including phenoxy) is 1. The van der Waals surface area contributed by atoms with Crippen LogP contribution in [0.15, 0.2) is 78.9 Å². The number of hydrogen-bond acceptors (Lipinski definition) is 4. The van der Waals surface area contributed by atoms with Gasteiger partial charge in [0.2, 0.25) is 0 Å². The van der Waals surface area contributed by atoms with Crippen molar-refractivity contribution in [2.24, 2.45) is 0 Å². The summed E-state index contributed by atoms with van der Waals surface area (Å²) in [5, 5.41) is 2.78. The molecule has 0 unspecified atom stereocenters. The summed E-state index contributed by atoms with van der Waals surface area (Å²) in [6.45, 7) is -0.516. The molecular formula is C24H19FN2O4. The lowest BCUT2D eigenvalue weighted by Crippen LogP contribution is -2.45. The number of carbonyl (C=O) groups excluding carboxylic acids is 3. The van der Waals surface area contributed by atoms with E-state index in [2.05, 4.69) is 5.32 Å². The summed E-state index contributed by atoms with van der Waals surface area (Å²) in [6, 6.07) is 20.7. The van der Waals surface area contributed by atoms with Gasteiger partial charge in [-0.25, -0.2) is 9.18 Å². The zero-order valence-corrected chi connectivity index (χ0v) is 16.7. The van der Waals surface area contributed by atoms with Crippen LogP contribution in [0, 0.1) is 5.82 Å². The van der Waals surface area contributed by atoms with Crippen LogP contribution in [0.4, 0.5) is 9.18 Å². The minimum atomic E-state index is -1.45. The molecule has 3 aromatic rings. The van der Waals surface area contributed by atoms with Gasteiger partial charge in [0.15, 0.2) is 22.9 Å². The second-order valence-corrected chi connectivity index (χ2v) is 7.08. The number of hydrogen-bond donors (Lipinski definition) is 1. The number of nitrogens with zero attached hydrogens (tertiary/aromatic N) is 1. The molecule has 0 radical (unpaired) electrons. The first-order valence-electron chi connectivity index (χ1n) is 9.59. The van der Waals surface area contributed by atoms with Crippen molar-refractivity contribution in [3.8, 4) is 5.75 Å². The average molecular weight is 418 g/mol. The van der Waals surface area contributed by atoms with Crippen molar-refractivity contribution in [3.63, 3.8) is 0 Å². The Morgan fingerprint density at radius 1 is 0.968 bits per heavy atom. The highest BCUT2D eigenvalue weighted by Crippen LogP contribution is 2.36. The van der Waals surface area contributed by atoms with E-state index in [9.17, 15) is 18.8 Å². The fourth-order valence-electron chi connectivity index (χ4n) is 3.73. The Kier molecular flexibility index (Phi) is 5.25. The second-order valence-electron chi connectivity index (χ2n) is 7.08. The van der Waals surface area contributed by atoms with Gasteiger partial charge in [0, 0.05) is 5.56 Å². The van der Waals surface area contributed by atoms with Gasteiger partial charge in [-0.1, -0.05) is 60.7 Å². The molecule has 1 fully saturated rings. The molecule has 0 bridgehead atoms. The summed E-state index contributed by atoms with van der Waals surface area (Å²) in [4.78, 5) is 40.0. The lowest BCUT2D eigenvalue weighted by atomic mass is 9.82. The van der Waals surface area contributed by atoms with Crippen LogP contribution in [0.3, 0.4) is 0 Å². The number of rotatable bonds is 6. The lowest BCUT2D eigenvalue weighted by Gasteiger charge is -2.28. The van der Waals surface area contributed by atoms with Crippen molar-refractivity contribution in [1.29, 1.82) is 0 Å². The molecule has 3 aromatic carbocycles. The third kappa shape index (κ3) is 3.44. The molecular weight excluding hydrogens is 399 g/mol. The van der Waals surface area contributed by atoms with Crippen molar-refractivity contribution in [2.75, 3.05) is 13.7 Å². The summed E-state index contributed by atoms with van der Waals surface area (Å²) >= 11 is 0. The van der Waals surface area contributed by atoms with Gasteiger partial charge in [-0.2, -0.15) is 0 Å². The van der Waals surface area contributed by atoms with Crippen LogP contribution in [0.1, 0.15) is 21.5 Å². The topological polar surface area (TPSA) is 75.7 Å². The number of urea groups is 1. The van der Waals surface area contributed by atoms with Gasteiger partial charge in [-0.05, 0) is 29.3 Å². The van der Waals surface area contributed by atoms with Crippen LogP contribution in [-0.4, -0.2) is 36.3 Å². The Bertz CT molecular complexity index is 1110. The van der Waals surface area contributed by atoms with Crippen LogP contribution in [0.5, 0.6) is 5.75 Å². The van der Waals surface area contributed by atoms with Gasteiger partial charge in [0.05, 0.1) is 13.7 Å². The number of nitrogens with one attached hydrogen (secondary N) is 1. The summed E-state index contributed by atoms with van der Waals surface area (Å²) in [5.74, 6) is -1.84. The summed E-state index contributed by atoms with van der Waals surface area (Å²) in [6.07, 6.45) is 0. The number of methoxy groups -OCH3 is 1. The van der Waals surface area contributed by atoms with Gasteiger partial charge in [0.25, 0.3) is 5.91 Å². The predicted octanol–water partition coefficient (Wildman–Crippen LogP) is 3.51. The minimum Gasteiger partial charge on any atom is -0.494 e. The molecule has 1 aliphatic rings. The number of carbonyl (C=O) groups is 3. The first kappa shape index (κ1) is 20.3. The van der Waals surface area contributed by atoms with Crippen LogP contribution in [-0.2, 0) is 10.3 Å². The highest BCUT2D eigenvalue weighted by atomic mass is 19.1. The largest absolute Gasteiger partial charge is 0.494 e. The number of imide groups is 1. The zero-order chi connectivity index (χ0) is 22.0. The summed E-state index contributed by atoms with van der Waals surface area (Å²) in [7, 11) is 1.32. The number of Topliss-reactive ketones (excluding diaryl/α,β-unsaturated/α-hetero) is 1. The minimum absolute atomic E-state index is 0.00119. The SMILES string of the molecule is COc1ccc(C(=O)CN2C(=O)NC(c3ccccc3)(c3ccccc3)C2=O)cc1F. The quantitative estimate of drug-likeness (QED) is 0.491. The second kappa shape index (κ2) is 8.02. The fraction of sp³-hybridized carbons (Fsp3) is 0.125. The summed E-state index contributed by atoms with van der Waals surface area (Å²) < 4.78 is 18.9. The fourth-order valence-corrected chi connectivity index (χ4v) is 3.73. The molecule has 0 saturated carbocycles. The third-order valence-corrected chi connectivity index (χ3v) is 5.29. The normalized spacial score (nSPS) is 15.0. The first-order chi connectivity index (χ1) is 15.0. The van der Waals surface area contributed by atoms with Crippen molar-refractivity contribution in [2.45, 2.75) is 5.54 Å². The number of ketones is 1. The molecule has 4 rings (SSSR count). The van der Waals surface area contributed by atoms with E-state index in [-0.39, 0.29) is 11.3 Å².